The Balaban J connectivity index is 2.01. The van der Waals surface area contributed by atoms with Gasteiger partial charge in [-0.2, -0.15) is 0 Å². The molecule has 0 amide bonds. The molecule has 0 saturated carbocycles. The van der Waals surface area contributed by atoms with Gasteiger partial charge < -0.3 is 4.98 Å². The SMILES string of the molecule is O=C1c2ccccc2C(=O)c2c1c(Cl)cc1c(=O)c3ccccc3[nH]c21. The smallest absolute Gasteiger partial charge is 0.197 e. The van der Waals surface area contributed by atoms with Crippen LogP contribution in [0.15, 0.2) is 59.4 Å². The summed E-state index contributed by atoms with van der Waals surface area (Å²) in [7, 11) is 0. The van der Waals surface area contributed by atoms with Gasteiger partial charge in [0.1, 0.15) is 0 Å². The second kappa shape index (κ2) is 5.13. The number of pyridine rings is 1. The number of aromatic amines is 1. The number of aromatic nitrogens is 1. The molecule has 124 valence electrons. The molecule has 4 nitrogen and oxygen atoms in total. The minimum Gasteiger partial charge on any atom is -0.354 e. The second-order valence-corrected chi connectivity index (χ2v) is 6.64. The van der Waals surface area contributed by atoms with Crippen molar-refractivity contribution in [1.82, 2.24) is 4.98 Å². The van der Waals surface area contributed by atoms with Crippen molar-refractivity contribution in [3.05, 3.63) is 92.1 Å². The molecule has 0 atom stereocenters. The number of halogens is 1. The Labute approximate surface area is 152 Å². The molecule has 5 rings (SSSR count). The maximum absolute atomic E-state index is 13.1. The van der Waals surface area contributed by atoms with Gasteiger partial charge in [0.05, 0.1) is 21.7 Å². The molecule has 1 aromatic heterocycles. The predicted octanol–water partition coefficient (Wildman–Crippen LogP) is 4.11. The van der Waals surface area contributed by atoms with Gasteiger partial charge in [0.15, 0.2) is 17.0 Å². The third-order valence-corrected chi connectivity index (χ3v) is 5.12. The number of carbonyl (C=O) groups excluding carboxylic acids is 2. The Bertz CT molecular complexity index is 1350. The van der Waals surface area contributed by atoms with Gasteiger partial charge in [0.25, 0.3) is 0 Å². The molecular formula is C21H10ClNO3. The van der Waals surface area contributed by atoms with E-state index in [1.165, 1.54) is 6.07 Å². The summed E-state index contributed by atoms with van der Waals surface area (Å²) in [5.41, 5.74) is 1.69. The standard InChI is InChI=1S/C21H10ClNO3/c22-14-9-13-18(23-15-8-4-3-7-12(15)19(13)24)17-16(14)20(25)10-5-1-2-6-11(10)21(17)26/h1-9H,(H,23,24). The molecule has 0 aliphatic heterocycles. The number of benzene rings is 3. The number of hydrogen-bond acceptors (Lipinski definition) is 3. The highest BCUT2D eigenvalue weighted by molar-refractivity contribution is 6.41. The molecule has 5 heteroatoms. The Morgan fingerprint density at radius 2 is 1.35 bits per heavy atom. The van der Waals surface area contributed by atoms with Crippen molar-refractivity contribution < 1.29 is 9.59 Å². The van der Waals surface area contributed by atoms with Gasteiger partial charge in [-0.25, -0.2) is 0 Å². The lowest BCUT2D eigenvalue weighted by molar-refractivity contribution is 0.0980. The molecule has 1 heterocycles. The van der Waals surface area contributed by atoms with E-state index in [9.17, 15) is 14.4 Å². The fraction of sp³-hybridized carbons (Fsp3) is 0. The van der Waals surface area contributed by atoms with E-state index < -0.39 is 0 Å². The number of nitrogens with one attached hydrogen (secondary N) is 1. The second-order valence-electron chi connectivity index (χ2n) is 6.23. The maximum atomic E-state index is 13.1. The normalized spacial score (nSPS) is 13.1. The van der Waals surface area contributed by atoms with Crippen molar-refractivity contribution in [3.8, 4) is 0 Å². The third-order valence-electron chi connectivity index (χ3n) is 4.83. The van der Waals surface area contributed by atoms with Crippen LogP contribution in [-0.4, -0.2) is 16.6 Å². The summed E-state index contributed by atoms with van der Waals surface area (Å²) in [5, 5.41) is 0.917. The molecule has 4 aromatic rings. The van der Waals surface area contributed by atoms with Gasteiger partial charge in [-0.15, -0.1) is 0 Å². The first-order chi connectivity index (χ1) is 12.6. The van der Waals surface area contributed by atoms with Crippen LogP contribution < -0.4 is 5.43 Å². The Hall–Kier alpha value is -3.24. The molecule has 26 heavy (non-hydrogen) atoms. The molecule has 0 fully saturated rings. The van der Waals surface area contributed by atoms with E-state index in [1.54, 1.807) is 48.5 Å². The number of rotatable bonds is 0. The average molecular weight is 360 g/mol. The Morgan fingerprint density at radius 1 is 0.731 bits per heavy atom. The van der Waals surface area contributed by atoms with E-state index in [-0.39, 0.29) is 33.1 Å². The lowest BCUT2D eigenvalue weighted by Gasteiger charge is -2.20. The molecule has 0 saturated heterocycles. The number of carbonyl (C=O) groups is 2. The average Bonchev–Trinajstić information content (AvgIpc) is 2.66. The van der Waals surface area contributed by atoms with Crippen molar-refractivity contribution in [2.75, 3.05) is 0 Å². The molecule has 0 spiro atoms. The minimum atomic E-state index is -0.311. The van der Waals surface area contributed by atoms with Crippen molar-refractivity contribution in [1.29, 1.82) is 0 Å². The van der Waals surface area contributed by atoms with Crippen LogP contribution in [0.1, 0.15) is 31.8 Å². The summed E-state index contributed by atoms with van der Waals surface area (Å²) in [6, 6.07) is 15.2. The van der Waals surface area contributed by atoms with Crippen LogP contribution >= 0.6 is 11.6 Å². The highest BCUT2D eigenvalue weighted by Gasteiger charge is 2.33. The van der Waals surface area contributed by atoms with Crippen LogP contribution in [0.4, 0.5) is 0 Å². The number of hydrogen-bond donors (Lipinski definition) is 1. The quantitative estimate of drug-likeness (QED) is 0.423. The monoisotopic (exact) mass is 359 g/mol. The van der Waals surface area contributed by atoms with Gasteiger partial charge in [0, 0.05) is 27.4 Å². The van der Waals surface area contributed by atoms with E-state index in [2.05, 4.69) is 4.98 Å². The first kappa shape index (κ1) is 15.0. The van der Waals surface area contributed by atoms with Crippen LogP contribution in [0, 0.1) is 0 Å². The van der Waals surface area contributed by atoms with Gasteiger partial charge in [-0.05, 0) is 18.2 Å². The zero-order chi connectivity index (χ0) is 18.0. The van der Waals surface area contributed by atoms with E-state index in [0.717, 1.165) is 0 Å². The Kier molecular flexibility index (Phi) is 2.97. The topological polar surface area (TPSA) is 67.0 Å². The third kappa shape index (κ3) is 1.82. The molecule has 0 unspecified atom stereocenters. The first-order valence-electron chi connectivity index (χ1n) is 8.03. The summed E-state index contributed by atoms with van der Waals surface area (Å²) >= 11 is 6.35. The minimum absolute atomic E-state index is 0.112. The number of ketones is 2. The molecule has 1 aliphatic carbocycles. The maximum Gasteiger partial charge on any atom is 0.197 e. The highest BCUT2D eigenvalue weighted by atomic mass is 35.5. The van der Waals surface area contributed by atoms with Crippen molar-refractivity contribution in [2.45, 2.75) is 0 Å². The summed E-state index contributed by atoms with van der Waals surface area (Å²) in [5.74, 6) is -0.621. The van der Waals surface area contributed by atoms with Crippen LogP contribution in [0.25, 0.3) is 21.8 Å². The first-order valence-corrected chi connectivity index (χ1v) is 8.41. The van der Waals surface area contributed by atoms with Crippen molar-refractivity contribution in [3.63, 3.8) is 0 Å². The summed E-state index contributed by atoms with van der Waals surface area (Å²) in [4.78, 5) is 42.1. The summed E-state index contributed by atoms with van der Waals surface area (Å²) < 4.78 is 0. The number of para-hydroxylation sites is 1. The molecule has 3 aromatic carbocycles. The summed E-state index contributed by atoms with van der Waals surface area (Å²) in [6.07, 6.45) is 0. The van der Waals surface area contributed by atoms with Crippen LogP contribution in [0.2, 0.25) is 5.02 Å². The highest BCUT2D eigenvalue weighted by Crippen LogP contribution is 2.36. The van der Waals surface area contributed by atoms with Crippen LogP contribution in [0.5, 0.6) is 0 Å². The van der Waals surface area contributed by atoms with Crippen molar-refractivity contribution >= 4 is 45.0 Å². The van der Waals surface area contributed by atoms with E-state index >= 15 is 0 Å². The lowest BCUT2D eigenvalue weighted by Crippen LogP contribution is -2.23. The number of fused-ring (bicyclic) bond motifs is 5. The molecular weight excluding hydrogens is 350 g/mol. The van der Waals surface area contributed by atoms with Gasteiger partial charge in [-0.1, -0.05) is 48.0 Å². The van der Waals surface area contributed by atoms with Gasteiger partial charge >= 0.3 is 0 Å². The number of H-pyrrole nitrogens is 1. The van der Waals surface area contributed by atoms with Gasteiger partial charge in [0.2, 0.25) is 0 Å². The molecule has 0 radical (unpaired) electrons. The van der Waals surface area contributed by atoms with Crippen molar-refractivity contribution in [2.24, 2.45) is 0 Å². The zero-order valence-corrected chi connectivity index (χ0v) is 14.1. The molecule has 0 bridgehead atoms. The largest absolute Gasteiger partial charge is 0.354 e. The fourth-order valence-electron chi connectivity index (χ4n) is 3.63. The Morgan fingerprint density at radius 3 is 2.08 bits per heavy atom. The van der Waals surface area contributed by atoms with E-state index in [1.807, 2.05) is 0 Å². The van der Waals surface area contributed by atoms with Crippen LogP contribution in [-0.2, 0) is 0 Å². The molecule has 1 N–H and O–H groups in total. The summed E-state index contributed by atoms with van der Waals surface area (Å²) in [6.45, 7) is 0. The van der Waals surface area contributed by atoms with Gasteiger partial charge in [-0.3, -0.25) is 14.4 Å². The molecule has 1 aliphatic rings. The lowest BCUT2D eigenvalue weighted by atomic mass is 9.82. The van der Waals surface area contributed by atoms with E-state index in [0.29, 0.717) is 32.9 Å². The zero-order valence-electron chi connectivity index (χ0n) is 13.3. The van der Waals surface area contributed by atoms with Crippen LogP contribution in [0.3, 0.4) is 0 Å². The van der Waals surface area contributed by atoms with E-state index in [4.69, 9.17) is 11.6 Å². The predicted molar refractivity (Wildman–Crippen MR) is 100 cm³/mol. The fourth-order valence-corrected chi connectivity index (χ4v) is 3.92.